The van der Waals surface area contributed by atoms with Crippen LogP contribution in [0.2, 0.25) is 0 Å². The van der Waals surface area contributed by atoms with Gasteiger partial charge in [0.1, 0.15) is 5.56 Å². The Balaban J connectivity index is 1.82. The molecule has 1 atom stereocenters. The molecule has 1 aromatic rings. The predicted octanol–water partition coefficient (Wildman–Crippen LogP) is 0.319. The zero-order chi connectivity index (χ0) is 13.1. The van der Waals surface area contributed by atoms with Crippen LogP contribution in [0.4, 0.5) is 0 Å². The quantitative estimate of drug-likeness (QED) is 0.765. The van der Waals surface area contributed by atoms with E-state index in [0.717, 1.165) is 12.8 Å². The molecule has 1 amide bonds. The summed E-state index contributed by atoms with van der Waals surface area (Å²) in [5.74, 6) is 0.538. The van der Waals surface area contributed by atoms with Gasteiger partial charge in [0.05, 0.1) is 13.2 Å². The number of methoxy groups -OCH3 is 1. The number of carbonyl (C=O) groups is 1. The molecule has 1 heterocycles. The van der Waals surface area contributed by atoms with Crippen LogP contribution in [0.3, 0.4) is 0 Å². The first-order valence-electron chi connectivity index (χ1n) is 6.15. The summed E-state index contributed by atoms with van der Waals surface area (Å²) >= 11 is 0. The summed E-state index contributed by atoms with van der Waals surface area (Å²) < 4.78 is 6.56. The van der Waals surface area contributed by atoms with Crippen molar-refractivity contribution in [1.29, 1.82) is 0 Å². The normalized spacial score (nSPS) is 16.4. The van der Waals surface area contributed by atoms with Gasteiger partial charge in [0.15, 0.2) is 0 Å². The highest BCUT2D eigenvalue weighted by molar-refractivity contribution is 5.96. The molecule has 1 aliphatic carbocycles. The van der Waals surface area contributed by atoms with Gasteiger partial charge < -0.3 is 15.2 Å². The first-order valence-corrected chi connectivity index (χ1v) is 6.15. The Bertz CT molecular complexity index is 426. The highest BCUT2D eigenvalue weighted by Crippen LogP contribution is 2.33. The number of ether oxygens (including phenoxy) is 1. The number of aromatic nitrogens is 2. The van der Waals surface area contributed by atoms with Crippen molar-refractivity contribution in [2.24, 2.45) is 13.0 Å². The van der Waals surface area contributed by atoms with Gasteiger partial charge in [0.25, 0.3) is 5.91 Å². The molecule has 0 unspecified atom stereocenters. The van der Waals surface area contributed by atoms with Gasteiger partial charge in [-0.25, -0.2) is 0 Å². The summed E-state index contributed by atoms with van der Waals surface area (Å²) in [5.41, 5.74) is 0.418. The fourth-order valence-corrected chi connectivity index (χ4v) is 1.92. The topological polar surface area (TPSA) is 76.4 Å². The maximum atomic E-state index is 11.9. The maximum absolute atomic E-state index is 11.9. The molecule has 100 valence electrons. The zero-order valence-electron chi connectivity index (χ0n) is 10.7. The fourth-order valence-electron chi connectivity index (χ4n) is 1.92. The van der Waals surface area contributed by atoms with Crippen LogP contribution in [-0.2, 0) is 7.05 Å². The van der Waals surface area contributed by atoms with Crippen LogP contribution in [0, 0.1) is 5.92 Å². The van der Waals surface area contributed by atoms with Gasteiger partial charge in [0.2, 0.25) is 5.88 Å². The number of nitrogens with one attached hydrogen (secondary N) is 1. The minimum Gasteiger partial charge on any atom is -0.479 e. The van der Waals surface area contributed by atoms with Crippen molar-refractivity contribution >= 4 is 5.91 Å². The molecule has 0 saturated heterocycles. The molecule has 0 radical (unpaired) electrons. The van der Waals surface area contributed by atoms with Crippen molar-refractivity contribution < 1.29 is 14.6 Å². The molecular weight excluding hydrogens is 234 g/mol. The van der Waals surface area contributed by atoms with Crippen LogP contribution < -0.4 is 10.1 Å². The highest BCUT2D eigenvalue weighted by Gasteiger charge is 2.29. The summed E-state index contributed by atoms with van der Waals surface area (Å²) in [7, 11) is 3.21. The van der Waals surface area contributed by atoms with Crippen molar-refractivity contribution in [2.45, 2.75) is 25.4 Å². The highest BCUT2D eigenvalue weighted by atomic mass is 16.5. The molecule has 1 aromatic heterocycles. The molecule has 1 aliphatic rings. The standard InChI is InChI=1S/C12H19N3O3/c1-15-7-9(12(14-15)18-2)11(17)13-6-5-10(16)8-3-4-8/h7-8,10,16H,3-6H2,1-2H3,(H,13,17)/t10-/m1/s1. The second-order valence-electron chi connectivity index (χ2n) is 4.68. The Kier molecular flexibility index (Phi) is 3.86. The van der Waals surface area contributed by atoms with Gasteiger partial charge in [-0.3, -0.25) is 9.48 Å². The minimum absolute atomic E-state index is 0.219. The molecule has 0 aromatic carbocycles. The molecule has 2 rings (SSSR count). The van der Waals surface area contributed by atoms with Crippen LogP contribution in [-0.4, -0.2) is 40.6 Å². The van der Waals surface area contributed by atoms with E-state index in [9.17, 15) is 9.90 Å². The lowest BCUT2D eigenvalue weighted by Gasteiger charge is -2.09. The van der Waals surface area contributed by atoms with Crippen LogP contribution in [0.5, 0.6) is 5.88 Å². The van der Waals surface area contributed by atoms with Gasteiger partial charge in [-0.15, -0.1) is 5.10 Å². The number of aryl methyl sites for hydroxylation is 1. The van der Waals surface area contributed by atoms with Crippen LogP contribution in [0.15, 0.2) is 6.20 Å². The summed E-state index contributed by atoms with van der Waals surface area (Å²) in [6, 6.07) is 0. The molecule has 2 N–H and O–H groups in total. The van der Waals surface area contributed by atoms with E-state index in [2.05, 4.69) is 10.4 Å². The Labute approximate surface area is 106 Å². The van der Waals surface area contributed by atoms with Gasteiger partial charge in [-0.05, 0) is 25.2 Å². The molecule has 1 saturated carbocycles. The Morgan fingerprint density at radius 1 is 1.72 bits per heavy atom. The average Bonchev–Trinajstić information content (AvgIpc) is 3.12. The number of rotatable bonds is 6. The molecule has 6 nitrogen and oxygen atoms in total. The Hall–Kier alpha value is -1.56. The van der Waals surface area contributed by atoms with Crippen LogP contribution >= 0.6 is 0 Å². The lowest BCUT2D eigenvalue weighted by atomic mass is 10.1. The number of aliphatic hydroxyl groups excluding tert-OH is 1. The number of carbonyl (C=O) groups excluding carboxylic acids is 1. The largest absolute Gasteiger partial charge is 0.479 e. The first kappa shape index (κ1) is 12.9. The third kappa shape index (κ3) is 3.01. The van der Waals surface area contributed by atoms with Gasteiger partial charge in [-0.1, -0.05) is 0 Å². The van der Waals surface area contributed by atoms with E-state index in [1.165, 1.54) is 11.8 Å². The van der Waals surface area contributed by atoms with Crippen molar-refractivity contribution in [3.05, 3.63) is 11.8 Å². The molecule has 0 spiro atoms. The van der Waals surface area contributed by atoms with Crippen molar-refractivity contribution in [2.75, 3.05) is 13.7 Å². The summed E-state index contributed by atoms with van der Waals surface area (Å²) in [4.78, 5) is 11.9. The second kappa shape index (κ2) is 5.39. The van der Waals surface area contributed by atoms with E-state index in [-0.39, 0.29) is 12.0 Å². The molecule has 18 heavy (non-hydrogen) atoms. The molecule has 0 bridgehead atoms. The lowest BCUT2D eigenvalue weighted by molar-refractivity contribution is 0.0934. The fraction of sp³-hybridized carbons (Fsp3) is 0.667. The zero-order valence-corrected chi connectivity index (χ0v) is 10.7. The molecule has 0 aliphatic heterocycles. The number of hydrogen-bond acceptors (Lipinski definition) is 4. The lowest BCUT2D eigenvalue weighted by Crippen LogP contribution is -2.27. The van der Waals surface area contributed by atoms with E-state index in [4.69, 9.17) is 4.74 Å². The van der Waals surface area contributed by atoms with Crippen molar-refractivity contribution in [1.82, 2.24) is 15.1 Å². The minimum atomic E-state index is -0.291. The monoisotopic (exact) mass is 253 g/mol. The summed E-state index contributed by atoms with van der Waals surface area (Å²) in [6.45, 7) is 0.467. The van der Waals surface area contributed by atoms with E-state index < -0.39 is 0 Å². The van der Waals surface area contributed by atoms with E-state index in [1.54, 1.807) is 13.2 Å². The molecular formula is C12H19N3O3. The summed E-state index contributed by atoms with van der Waals surface area (Å²) in [6.07, 6.45) is 4.13. The average molecular weight is 253 g/mol. The van der Waals surface area contributed by atoms with E-state index in [1.807, 2.05) is 0 Å². The third-order valence-electron chi connectivity index (χ3n) is 3.12. The van der Waals surface area contributed by atoms with Gasteiger partial charge in [0, 0.05) is 19.8 Å². The number of nitrogens with zero attached hydrogens (tertiary/aromatic N) is 2. The first-order chi connectivity index (χ1) is 8.61. The van der Waals surface area contributed by atoms with Crippen molar-refractivity contribution in [3.63, 3.8) is 0 Å². The van der Waals surface area contributed by atoms with Gasteiger partial charge >= 0.3 is 0 Å². The maximum Gasteiger partial charge on any atom is 0.258 e. The second-order valence-corrected chi connectivity index (χ2v) is 4.68. The number of amides is 1. The van der Waals surface area contributed by atoms with E-state index in [0.29, 0.717) is 30.3 Å². The summed E-state index contributed by atoms with van der Waals surface area (Å²) in [5, 5.41) is 16.5. The molecule has 6 heteroatoms. The predicted molar refractivity (Wildman–Crippen MR) is 65.4 cm³/mol. The third-order valence-corrected chi connectivity index (χ3v) is 3.12. The van der Waals surface area contributed by atoms with Crippen molar-refractivity contribution in [3.8, 4) is 5.88 Å². The SMILES string of the molecule is COc1nn(C)cc1C(=O)NCC[C@@H](O)C1CC1. The Morgan fingerprint density at radius 3 is 3.06 bits per heavy atom. The molecule has 1 fully saturated rings. The van der Waals surface area contributed by atoms with Crippen LogP contribution in [0.25, 0.3) is 0 Å². The number of hydrogen-bond donors (Lipinski definition) is 2. The number of aliphatic hydroxyl groups is 1. The van der Waals surface area contributed by atoms with E-state index >= 15 is 0 Å². The van der Waals surface area contributed by atoms with Crippen LogP contribution in [0.1, 0.15) is 29.6 Å². The Morgan fingerprint density at radius 2 is 2.44 bits per heavy atom. The smallest absolute Gasteiger partial charge is 0.258 e. The van der Waals surface area contributed by atoms with Gasteiger partial charge in [-0.2, -0.15) is 0 Å².